The molecule has 0 aliphatic carbocycles. The van der Waals surface area contributed by atoms with Crippen LogP contribution in [-0.4, -0.2) is 35.7 Å². The van der Waals surface area contributed by atoms with Crippen LogP contribution in [0.3, 0.4) is 0 Å². The number of carbonyl (C=O) groups is 2. The molecule has 160 valence electrons. The molecule has 0 bridgehead atoms. The molecule has 1 amide bonds. The van der Waals surface area contributed by atoms with E-state index in [9.17, 15) is 9.59 Å². The minimum Gasteiger partial charge on any atom is -0.457 e. The van der Waals surface area contributed by atoms with Crippen molar-refractivity contribution < 1.29 is 19.1 Å². The van der Waals surface area contributed by atoms with Crippen LogP contribution in [0.5, 0.6) is 0 Å². The molecule has 0 spiro atoms. The molecule has 0 unspecified atom stereocenters. The number of hydrogen-bond acceptors (Lipinski definition) is 4. The van der Waals surface area contributed by atoms with E-state index in [-0.39, 0.29) is 30.8 Å². The molecular weight excluding hydrogens is 378 g/mol. The molecule has 1 heterocycles. The molecule has 2 aromatic rings. The molecular formula is C25H31NO4. The average molecular weight is 410 g/mol. The van der Waals surface area contributed by atoms with Gasteiger partial charge in [-0.1, -0.05) is 68.3 Å². The van der Waals surface area contributed by atoms with Gasteiger partial charge in [0, 0.05) is 6.54 Å². The fourth-order valence-electron chi connectivity index (χ4n) is 3.91. The van der Waals surface area contributed by atoms with Gasteiger partial charge < -0.3 is 14.4 Å². The summed E-state index contributed by atoms with van der Waals surface area (Å²) in [5.74, 6) is -0.332. The smallest absolute Gasteiger partial charge is 0.410 e. The van der Waals surface area contributed by atoms with Crippen LogP contribution >= 0.6 is 0 Å². The summed E-state index contributed by atoms with van der Waals surface area (Å²) in [7, 11) is 0. The average Bonchev–Trinajstić information content (AvgIpc) is 3.28. The Morgan fingerprint density at radius 1 is 1.03 bits per heavy atom. The monoisotopic (exact) mass is 409 g/mol. The maximum absolute atomic E-state index is 12.8. The largest absolute Gasteiger partial charge is 0.457 e. The zero-order valence-corrected chi connectivity index (χ0v) is 17.7. The molecule has 0 aromatic heterocycles. The van der Waals surface area contributed by atoms with E-state index in [0.717, 1.165) is 44.1 Å². The standard InChI is InChI=1S/C25H31NO4/c1-2-3-6-17-23(30-24(27)21-14-9-5-10-15-21)22-16-11-18-26(22)25(28)29-19-20-12-7-4-8-13-20/h4-5,7-10,12-15,22-23H,2-3,6,11,16-19H2,1H3/t22-,23+/m0/s1. The zero-order chi connectivity index (χ0) is 21.2. The van der Waals surface area contributed by atoms with E-state index in [0.29, 0.717) is 12.1 Å². The number of rotatable bonds is 9. The van der Waals surface area contributed by atoms with Crippen molar-refractivity contribution in [3.8, 4) is 0 Å². The molecule has 1 fully saturated rings. The van der Waals surface area contributed by atoms with Crippen LogP contribution in [0.15, 0.2) is 60.7 Å². The van der Waals surface area contributed by atoms with Gasteiger partial charge in [-0.3, -0.25) is 0 Å². The number of carbonyl (C=O) groups excluding carboxylic acids is 2. The maximum atomic E-state index is 12.8. The van der Waals surface area contributed by atoms with Gasteiger partial charge in [0.1, 0.15) is 12.7 Å². The first-order valence-corrected chi connectivity index (χ1v) is 10.9. The lowest BCUT2D eigenvalue weighted by atomic mass is 10.0. The molecule has 0 N–H and O–H groups in total. The Balaban J connectivity index is 1.65. The van der Waals surface area contributed by atoms with Crippen LogP contribution < -0.4 is 0 Å². The maximum Gasteiger partial charge on any atom is 0.410 e. The fourth-order valence-corrected chi connectivity index (χ4v) is 3.91. The van der Waals surface area contributed by atoms with Gasteiger partial charge >= 0.3 is 12.1 Å². The Labute approximate surface area is 179 Å². The second-order valence-electron chi connectivity index (χ2n) is 7.75. The normalized spacial score (nSPS) is 16.8. The second-order valence-corrected chi connectivity index (χ2v) is 7.75. The summed E-state index contributed by atoms with van der Waals surface area (Å²) >= 11 is 0. The van der Waals surface area contributed by atoms with Crippen LogP contribution in [0.25, 0.3) is 0 Å². The van der Waals surface area contributed by atoms with Crippen molar-refractivity contribution >= 4 is 12.1 Å². The summed E-state index contributed by atoms with van der Waals surface area (Å²) in [6.45, 7) is 3.02. The zero-order valence-electron chi connectivity index (χ0n) is 17.7. The molecule has 2 atom stereocenters. The van der Waals surface area contributed by atoms with Gasteiger partial charge in [0.15, 0.2) is 0 Å². The lowest BCUT2D eigenvalue weighted by Gasteiger charge is -2.31. The Morgan fingerprint density at radius 3 is 2.43 bits per heavy atom. The fraction of sp³-hybridized carbons (Fsp3) is 0.440. The molecule has 1 aliphatic rings. The van der Waals surface area contributed by atoms with Crippen LogP contribution in [0, 0.1) is 0 Å². The highest BCUT2D eigenvalue weighted by Crippen LogP contribution is 2.27. The molecule has 30 heavy (non-hydrogen) atoms. The van der Waals surface area contributed by atoms with E-state index in [2.05, 4.69) is 6.92 Å². The topological polar surface area (TPSA) is 55.8 Å². The number of benzene rings is 2. The van der Waals surface area contributed by atoms with E-state index in [1.807, 2.05) is 48.5 Å². The van der Waals surface area contributed by atoms with E-state index in [1.54, 1.807) is 17.0 Å². The van der Waals surface area contributed by atoms with E-state index >= 15 is 0 Å². The number of ether oxygens (including phenoxy) is 2. The SMILES string of the molecule is CCCCC[C@@H](OC(=O)c1ccccc1)[C@@H]1CCCN1C(=O)OCc1ccccc1. The second kappa shape index (κ2) is 11.4. The Morgan fingerprint density at radius 2 is 1.73 bits per heavy atom. The first kappa shape index (κ1) is 21.9. The molecule has 2 aromatic carbocycles. The number of nitrogens with zero attached hydrogens (tertiary/aromatic N) is 1. The molecule has 0 saturated carbocycles. The van der Waals surface area contributed by atoms with E-state index < -0.39 is 0 Å². The number of hydrogen-bond donors (Lipinski definition) is 0. The summed E-state index contributed by atoms with van der Waals surface area (Å²) < 4.78 is 11.5. The van der Waals surface area contributed by atoms with Crippen molar-refractivity contribution in [3.63, 3.8) is 0 Å². The third-order valence-electron chi connectivity index (χ3n) is 5.53. The van der Waals surface area contributed by atoms with Crippen molar-refractivity contribution in [2.24, 2.45) is 0 Å². The minimum absolute atomic E-state index is 0.141. The highest BCUT2D eigenvalue weighted by atomic mass is 16.6. The number of likely N-dealkylation sites (tertiary alicyclic amines) is 1. The molecule has 0 radical (unpaired) electrons. The van der Waals surface area contributed by atoms with E-state index in [1.165, 1.54) is 0 Å². The molecule has 5 nitrogen and oxygen atoms in total. The number of esters is 1. The first-order valence-electron chi connectivity index (χ1n) is 10.9. The summed E-state index contributed by atoms with van der Waals surface area (Å²) in [5.41, 5.74) is 1.49. The first-order chi connectivity index (χ1) is 14.7. The summed E-state index contributed by atoms with van der Waals surface area (Å²) in [6, 6.07) is 18.5. The van der Waals surface area contributed by atoms with Gasteiger partial charge in [0.05, 0.1) is 11.6 Å². The predicted molar refractivity (Wildman–Crippen MR) is 116 cm³/mol. The molecule has 5 heteroatoms. The quantitative estimate of drug-likeness (QED) is 0.400. The lowest BCUT2D eigenvalue weighted by Crippen LogP contribution is -2.44. The van der Waals surface area contributed by atoms with Crippen molar-refractivity contribution in [1.82, 2.24) is 4.90 Å². The van der Waals surface area contributed by atoms with E-state index in [4.69, 9.17) is 9.47 Å². The van der Waals surface area contributed by atoms with Gasteiger partial charge in [-0.15, -0.1) is 0 Å². The van der Waals surface area contributed by atoms with Crippen molar-refractivity contribution in [1.29, 1.82) is 0 Å². The Hall–Kier alpha value is -2.82. The number of amides is 1. The Kier molecular flexibility index (Phi) is 8.30. The van der Waals surface area contributed by atoms with Crippen LogP contribution in [0.1, 0.15) is 61.4 Å². The van der Waals surface area contributed by atoms with Gasteiger partial charge in [-0.25, -0.2) is 9.59 Å². The van der Waals surface area contributed by atoms with Gasteiger partial charge in [0.2, 0.25) is 0 Å². The summed E-state index contributed by atoms with van der Waals surface area (Å²) in [4.78, 5) is 27.2. The van der Waals surface area contributed by atoms with Crippen molar-refractivity contribution in [2.45, 2.75) is 64.2 Å². The van der Waals surface area contributed by atoms with Crippen LogP contribution in [-0.2, 0) is 16.1 Å². The Bertz CT molecular complexity index is 793. The molecule has 3 rings (SSSR count). The van der Waals surface area contributed by atoms with Gasteiger partial charge in [-0.05, 0) is 43.4 Å². The van der Waals surface area contributed by atoms with Crippen molar-refractivity contribution in [3.05, 3.63) is 71.8 Å². The third kappa shape index (κ3) is 6.09. The predicted octanol–water partition coefficient (Wildman–Crippen LogP) is 5.59. The highest BCUT2D eigenvalue weighted by molar-refractivity contribution is 5.89. The van der Waals surface area contributed by atoms with Crippen molar-refractivity contribution in [2.75, 3.05) is 6.54 Å². The van der Waals surface area contributed by atoms with Crippen LogP contribution in [0.2, 0.25) is 0 Å². The lowest BCUT2D eigenvalue weighted by molar-refractivity contribution is 0.000259. The van der Waals surface area contributed by atoms with Crippen LogP contribution in [0.4, 0.5) is 4.79 Å². The van der Waals surface area contributed by atoms with Gasteiger partial charge in [0.25, 0.3) is 0 Å². The molecule has 1 aliphatic heterocycles. The van der Waals surface area contributed by atoms with Gasteiger partial charge in [-0.2, -0.15) is 0 Å². The molecule has 1 saturated heterocycles. The number of unbranched alkanes of at least 4 members (excludes halogenated alkanes) is 2. The summed E-state index contributed by atoms with van der Waals surface area (Å²) in [6.07, 6.45) is 4.93. The minimum atomic E-state index is -0.336. The highest BCUT2D eigenvalue weighted by Gasteiger charge is 2.37. The summed E-state index contributed by atoms with van der Waals surface area (Å²) in [5, 5.41) is 0. The third-order valence-corrected chi connectivity index (χ3v) is 5.53.